The van der Waals surface area contributed by atoms with Crippen LogP contribution < -0.4 is 5.32 Å². The number of thioether (sulfide) groups is 1. The van der Waals surface area contributed by atoms with E-state index >= 15 is 0 Å². The minimum Gasteiger partial charge on any atom is -0.461 e. The maximum atomic E-state index is 12.4. The summed E-state index contributed by atoms with van der Waals surface area (Å²) in [6.07, 6.45) is 9.34. The molecule has 172 valence electrons. The van der Waals surface area contributed by atoms with Crippen molar-refractivity contribution >= 4 is 23.6 Å². The van der Waals surface area contributed by atoms with Gasteiger partial charge in [0.2, 0.25) is 5.91 Å². The van der Waals surface area contributed by atoms with Crippen molar-refractivity contribution in [3.63, 3.8) is 0 Å². The molecule has 30 heavy (non-hydrogen) atoms. The Kier molecular flexibility index (Phi) is 15.2. The minimum atomic E-state index is -0.152. The molecule has 2 atom stereocenters. The van der Waals surface area contributed by atoms with Crippen molar-refractivity contribution in [2.24, 2.45) is 5.92 Å². The normalized spacial score (nSPS) is 12.9. The number of unbranched alkanes of at least 4 members (excludes halogenated alkanes) is 4. The van der Waals surface area contributed by atoms with Crippen LogP contribution in [0.4, 0.5) is 0 Å². The van der Waals surface area contributed by atoms with Crippen LogP contribution in [0.25, 0.3) is 0 Å². The Bertz CT molecular complexity index is 585. The van der Waals surface area contributed by atoms with E-state index < -0.39 is 0 Å². The molecule has 1 aromatic rings. The molecule has 1 aromatic carbocycles. The smallest absolute Gasteiger partial charge is 0.306 e. The van der Waals surface area contributed by atoms with Crippen LogP contribution >= 0.6 is 11.8 Å². The lowest BCUT2D eigenvalue weighted by Crippen LogP contribution is -2.31. The van der Waals surface area contributed by atoms with E-state index in [0.29, 0.717) is 18.3 Å². The third-order valence-corrected chi connectivity index (χ3v) is 6.52. The summed E-state index contributed by atoms with van der Waals surface area (Å²) in [5.74, 6) is 0.764. The molecule has 0 spiro atoms. The summed E-state index contributed by atoms with van der Waals surface area (Å²) in [6.45, 7) is 7.51. The highest BCUT2D eigenvalue weighted by Crippen LogP contribution is 2.26. The Labute approximate surface area is 189 Å². The van der Waals surface area contributed by atoms with Gasteiger partial charge in [-0.15, -0.1) is 0 Å². The Hall–Kier alpha value is -1.49. The molecule has 0 bridgehead atoms. The van der Waals surface area contributed by atoms with Crippen LogP contribution in [0.3, 0.4) is 0 Å². The molecule has 1 amide bonds. The second-order valence-corrected chi connectivity index (χ2v) is 9.43. The highest BCUT2D eigenvalue weighted by atomic mass is 32.2. The van der Waals surface area contributed by atoms with Gasteiger partial charge < -0.3 is 10.1 Å². The summed E-state index contributed by atoms with van der Waals surface area (Å²) in [7, 11) is 0. The SMILES string of the molecule is CCCCCNC(=O)C(C)CC(CCCCC)SCCC(=O)OCc1ccccc1.[HH]. The number of carbonyl (C=O) groups is 2. The maximum absolute atomic E-state index is 12.4. The first-order valence-electron chi connectivity index (χ1n) is 11.7. The van der Waals surface area contributed by atoms with Crippen LogP contribution in [0.1, 0.15) is 85.5 Å². The van der Waals surface area contributed by atoms with Gasteiger partial charge in [-0.05, 0) is 24.8 Å². The average molecular weight is 438 g/mol. The van der Waals surface area contributed by atoms with Gasteiger partial charge in [0.1, 0.15) is 6.61 Å². The highest BCUT2D eigenvalue weighted by Gasteiger charge is 2.19. The lowest BCUT2D eigenvalue weighted by atomic mass is 10.0. The molecule has 0 heterocycles. The molecule has 4 nitrogen and oxygen atoms in total. The molecule has 2 unspecified atom stereocenters. The quantitative estimate of drug-likeness (QED) is 0.227. The Balaban J connectivity index is 0.00000900. The van der Waals surface area contributed by atoms with E-state index in [1.165, 1.54) is 19.3 Å². The number of hydrogen-bond acceptors (Lipinski definition) is 4. The zero-order valence-corrected chi connectivity index (χ0v) is 20.0. The van der Waals surface area contributed by atoms with Crippen molar-refractivity contribution < 1.29 is 15.8 Å². The number of rotatable bonds is 17. The standard InChI is InChI=1S/C25H41NO3S.H2/c1-4-6-9-15-23(19-21(3)25(28)26-17-12-7-5-2)30-18-16-24(27)29-20-22-13-10-8-11-14-22;/h8,10-11,13-14,21,23H,4-7,9,12,15-20H2,1-3H3,(H,26,28);1H. The molecule has 0 saturated carbocycles. The van der Waals surface area contributed by atoms with Gasteiger partial charge in [0, 0.05) is 24.9 Å². The van der Waals surface area contributed by atoms with E-state index in [2.05, 4.69) is 19.2 Å². The van der Waals surface area contributed by atoms with E-state index in [-0.39, 0.29) is 19.2 Å². The third kappa shape index (κ3) is 12.9. The second-order valence-electron chi connectivity index (χ2n) is 8.02. The summed E-state index contributed by atoms with van der Waals surface area (Å²) in [5.41, 5.74) is 1.01. The van der Waals surface area contributed by atoms with Crippen LogP contribution in [0.15, 0.2) is 30.3 Å². The van der Waals surface area contributed by atoms with Gasteiger partial charge in [-0.25, -0.2) is 0 Å². The predicted molar refractivity (Wildman–Crippen MR) is 130 cm³/mol. The zero-order chi connectivity index (χ0) is 22.0. The van der Waals surface area contributed by atoms with Gasteiger partial charge in [-0.2, -0.15) is 11.8 Å². The molecule has 0 aliphatic heterocycles. The van der Waals surface area contributed by atoms with Crippen LogP contribution in [-0.2, 0) is 20.9 Å². The minimum absolute atomic E-state index is 0. The van der Waals surface area contributed by atoms with Crippen molar-refractivity contribution in [2.75, 3.05) is 12.3 Å². The number of esters is 1. The first-order valence-corrected chi connectivity index (χ1v) is 12.7. The summed E-state index contributed by atoms with van der Waals surface area (Å²) in [4.78, 5) is 24.4. The molecule has 0 saturated heterocycles. The molecule has 0 fully saturated rings. The molecular formula is C25H43NO3S. The molecule has 0 radical (unpaired) electrons. The van der Waals surface area contributed by atoms with Gasteiger partial charge in [-0.3, -0.25) is 9.59 Å². The molecule has 0 aliphatic rings. The molecule has 0 aromatic heterocycles. The van der Waals surface area contributed by atoms with Crippen molar-refractivity contribution in [1.82, 2.24) is 5.32 Å². The van der Waals surface area contributed by atoms with Crippen molar-refractivity contribution in [2.45, 2.75) is 90.4 Å². The number of carbonyl (C=O) groups excluding carboxylic acids is 2. The van der Waals surface area contributed by atoms with Gasteiger partial charge in [-0.1, -0.05) is 83.2 Å². The summed E-state index contributed by atoms with van der Waals surface area (Å²) < 4.78 is 5.38. The maximum Gasteiger partial charge on any atom is 0.306 e. The van der Waals surface area contributed by atoms with Crippen LogP contribution in [0.2, 0.25) is 0 Å². The predicted octanol–water partition coefficient (Wildman–Crippen LogP) is 6.38. The van der Waals surface area contributed by atoms with E-state index in [1.54, 1.807) is 0 Å². The Morgan fingerprint density at radius 2 is 1.77 bits per heavy atom. The Morgan fingerprint density at radius 1 is 1.07 bits per heavy atom. The summed E-state index contributed by atoms with van der Waals surface area (Å²) in [6, 6.07) is 9.76. The Morgan fingerprint density at radius 3 is 2.47 bits per heavy atom. The fraction of sp³-hybridized carbons (Fsp3) is 0.680. The van der Waals surface area contributed by atoms with Gasteiger partial charge in [0.05, 0.1) is 6.42 Å². The van der Waals surface area contributed by atoms with Gasteiger partial charge >= 0.3 is 5.97 Å². The van der Waals surface area contributed by atoms with E-state index in [9.17, 15) is 9.59 Å². The van der Waals surface area contributed by atoms with E-state index in [4.69, 9.17) is 4.74 Å². The average Bonchev–Trinajstić information content (AvgIpc) is 2.75. The van der Waals surface area contributed by atoms with Crippen molar-refractivity contribution in [3.8, 4) is 0 Å². The molecular weight excluding hydrogens is 394 g/mol. The van der Waals surface area contributed by atoms with Crippen LogP contribution in [0, 0.1) is 5.92 Å². The number of ether oxygens (including phenoxy) is 1. The molecule has 0 aliphatic carbocycles. The van der Waals surface area contributed by atoms with E-state index in [0.717, 1.165) is 50.0 Å². The second kappa shape index (κ2) is 17.2. The zero-order valence-electron chi connectivity index (χ0n) is 19.2. The van der Waals surface area contributed by atoms with Crippen LogP contribution in [0.5, 0.6) is 0 Å². The molecule has 1 N–H and O–H groups in total. The molecule has 1 rings (SSSR count). The summed E-state index contributed by atoms with van der Waals surface area (Å²) >= 11 is 1.82. The number of benzene rings is 1. The monoisotopic (exact) mass is 437 g/mol. The summed E-state index contributed by atoms with van der Waals surface area (Å²) in [5, 5.41) is 3.49. The van der Waals surface area contributed by atoms with Crippen LogP contribution in [-0.4, -0.2) is 29.4 Å². The third-order valence-electron chi connectivity index (χ3n) is 5.18. The fourth-order valence-electron chi connectivity index (χ4n) is 3.27. The van der Waals surface area contributed by atoms with Gasteiger partial charge in [0.15, 0.2) is 0 Å². The number of nitrogens with one attached hydrogen (secondary N) is 1. The first kappa shape index (κ1) is 26.5. The number of amides is 1. The van der Waals surface area contributed by atoms with Crippen molar-refractivity contribution in [3.05, 3.63) is 35.9 Å². The largest absolute Gasteiger partial charge is 0.461 e. The first-order chi connectivity index (χ1) is 14.6. The number of hydrogen-bond donors (Lipinski definition) is 1. The topological polar surface area (TPSA) is 55.4 Å². The van der Waals surface area contributed by atoms with E-state index in [1.807, 2.05) is 49.0 Å². The molecule has 5 heteroatoms. The highest BCUT2D eigenvalue weighted by molar-refractivity contribution is 7.99. The van der Waals surface area contributed by atoms with Gasteiger partial charge in [0.25, 0.3) is 0 Å². The lowest BCUT2D eigenvalue weighted by Gasteiger charge is -2.20. The lowest BCUT2D eigenvalue weighted by molar-refractivity contribution is -0.144. The van der Waals surface area contributed by atoms with Crippen molar-refractivity contribution in [1.29, 1.82) is 0 Å². The fourth-order valence-corrected chi connectivity index (χ4v) is 4.65.